The van der Waals surface area contributed by atoms with Crippen LogP contribution in [0.15, 0.2) is 48.5 Å². The number of carbonyl (C=O) groups is 2. The molecule has 1 aromatic heterocycles. The second-order valence-corrected chi connectivity index (χ2v) is 5.48. The summed E-state index contributed by atoms with van der Waals surface area (Å²) in [6.45, 7) is 1.33. The molecular weight excluding hydrogens is 324 g/mol. The summed E-state index contributed by atoms with van der Waals surface area (Å²) in [5.41, 5.74) is 1.80. The SMILES string of the molecule is Cc1[nH]c2ccccc2c1C(=O)COC(=O)c1cccc([N+](=O)[O-])c1. The summed E-state index contributed by atoms with van der Waals surface area (Å²) in [5.74, 6) is -1.12. The number of ether oxygens (including phenoxy) is 1. The molecule has 0 spiro atoms. The highest BCUT2D eigenvalue weighted by molar-refractivity contribution is 6.10. The molecule has 0 aliphatic rings. The number of carbonyl (C=O) groups excluding carboxylic acids is 2. The lowest BCUT2D eigenvalue weighted by molar-refractivity contribution is -0.384. The van der Waals surface area contributed by atoms with Crippen LogP contribution < -0.4 is 0 Å². The number of nitro benzene ring substituents is 1. The highest BCUT2D eigenvalue weighted by Gasteiger charge is 2.19. The number of fused-ring (bicyclic) bond motifs is 1. The molecule has 3 rings (SSSR count). The van der Waals surface area contributed by atoms with E-state index in [1.54, 1.807) is 6.92 Å². The van der Waals surface area contributed by atoms with Gasteiger partial charge in [0.2, 0.25) is 5.78 Å². The average Bonchev–Trinajstić information content (AvgIpc) is 2.95. The van der Waals surface area contributed by atoms with Gasteiger partial charge >= 0.3 is 5.97 Å². The number of nitrogens with zero attached hydrogens (tertiary/aromatic N) is 1. The highest BCUT2D eigenvalue weighted by atomic mass is 16.6. The molecule has 0 unspecified atom stereocenters. The lowest BCUT2D eigenvalue weighted by Crippen LogP contribution is -2.15. The zero-order chi connectivity index (χ0) is 18.0. The number of nitrogens with one attached hydrogen (secondary N) is 1. The molecule has 1 N–H and O–H groups in total. The molecule has 0 saturated carbocycles. The van der Waals surface area contributed by atoms with Crippen LogP contribution in [-0.2, 0) is 4.74 Å². The lowest BCUT2D eigenvalue weighted by Gasteiger charge is -2.05. The van der Waals surface area contributed by atoms with Crippen LogP contribution in [0.4, 0.5) is 5.69 Å². The summed E-state index contributed by atoms with van der Waals surface area (Å²) in [6, 6.07) is 12.5. The van der Waals surface area contributed by atoms with Crippen molar-refractivity contribution in [3.05, 3.63) is 75.5 Å². The molecule has 0 saturated heterocycles. The number of nitro groups is 1. The maximum Gasteiger partial charge on any atom is 0.338 e. The van der Waals surface area contributed by atoms with Gasteiger partial charge in [0.25, 0.3) is 5.69 Å². The van der Waals surface area contributed by atoms with E-state index in [2.05, 4.69) is 4.98 Å². The van der Waals surface area contributed by atoms with E-state index >= 15 is 0 Å². The van der Waals surface area contributed by atoms with Gasteiger partial charge in [-0.1, -0.05) is 24.3 Å². The third-order valence-corrected chi connectivity index (χ3v) is 3.80. The molecular formula is C18H14N2O5. The van der Waals surface area contributed by atoms with Gasteiger partial charge in [0.05, 0.1) is 10.5 Å². The Morgan fingerprint density at radius 1 is 1.16 bits per heavy atom. The maximum atomic E-state index is 12.4. The first-order valence-corrected chi connectivity index (χ1v) is 7.49. The number of aromatic nitrogens is 1. The zero-order valence-corrected chi connectivity index (χ0v) is 13.3. The Hall–Kier alpha value is -3.48. The van der Waals surface area contributed by atoms with Crippen LogP contribution in [0.25, 0.3) is 10.9 Å². The molecule has 1 heterocycles. The van der Waals surface area contributed by atoms with Crippen LogP contribution in [0.2, 0.25) is 0 Å². The second-order valence-electron chi connectivity index (χ2n) is 5.48. The Kier molecular flexibility index (Phi) is 4.30. The number of rotatable bonds is 5. The molecule has 0 bridgehead atoms. The first-order valence-electron chi connectivity index (χ1n) is 7.49. The number of hydrogen-bond acceptors (Lipinski definition) is 5. The Bertz CT molecular complexity index is 990. The van der Waals surface area contributed by atoms with Crippen molar-refractivity contribution in [2.75, 3.05) is 6.61 Å². The Morgan fingerprint density at radius 2 is 1.92 bits per heavy atom. The molecule has 0 fully saturated rings. The van der Waals surface area contributed by atoms with Gasteiger partial charge in [-0.05, 0) is 19.1 Å². The smallest absolute Gasteiger partial charge is 0.338 e. The van der Waals surface area contributed by atoms with E-state index in [-0.39, 0.29) is 17.0 Å². The number of para-hydroxylation sites is 1. The molecule has 0 aliphatic heterocycles. The van der Waals surface area contributed by atoms with Gasteiger partial charge in [0, 0.05) is 34.3 Å². The summed E-state index contributed by atoms with van der Waals surface area (Å²) in [5, 5.41) is 11.5. The Morgan fingerprint density at radius 3 is 2.68 bits per heavy atom. The highest BCUT2D eigenvalue weighted by Crippen LogP contribution is 2.22. The van der Waals surface area contributed by atoms with Crippen molar-refractivity contribution in [2.45, 2.75) is 6.92 Å². The van der Waals surface area contributed by atoms with Crippen molar-refractivity contribution < 1.29 is 19.2 Å². The molecule has 2 aromatic carbocycles. The zero-order valence-electron chi connectivity index (χ0n) is 13.3. The van der Waals surface area contributed by atoms with E-state index in [4.69, 9.17) is 4.74 Å². The van der Waals surface area contributed by atoms with Crippen molar-refractivity contribution in [2.24, 2.45) is 0 Å². The van der Waals surface area contributed by atoms with Crippen molar-refractivity contribution >= 4 is 28.3 Å². The van der Waals surface area contributed by atoms with Crippen molar-refractivity contribution in [3.8, 4) is 0 Å². The fourth-order valence-corrected chi connectivity index (χ4v) is 2.67. The monoisotopic (exact) mass is 338 g/mol. The van der Waals surface area contributed by atoms with Gasteiger partial charge in [-0.2, -0.15) is 0 Å². The van der Waals surface area contributed by atoms with Crippen LogP contribution >= 0.6 is 0 Å². The first-order chi connectivity index (χ1) is 12.0. The number of H-pyrrole nitrogens is 1. The third kappa shape index (κ3) is 3.25. The van der Waals surface area contributed by atoms with Crippen molar-refractivity contribution in [1.82, 2.24) is 4.98 Å². The van der Waals surface area contributed by atoms with Gasteiger partial charge in [0.15, 0.2) is 6.61 Å². The van der Waals surface area contributed by atoms with Crippen LogP contribution in [0.5, 0.6) is 0 Å². The predicted octanol–water partition coefficient (Wildman–Crippen LogP) is 3.42. The van der Waals surface area contributed by atoms with Crippen LogP contribution in [0, 0.1) is 17.0 Å². The van der Waals surface area contributed by atoms with Crippen LogP contribution in [0.3, 0.4) is 0 Å². The predicted molar refractivity (Wildman–Crippen MR) is 90.7 cm³/mol. The summed E-state index contributed by atoms with van der Waals surface area (Å²) in [6.07, 6.45) is 0. The van der Waals surface area contributed by atoms with E-state index in [9.17, 15) is 19.7 Å². The van der Waals surface area contributed by atoms with E-state index in [1.165, 1.54) is 18.2 Å². The van der Waals surface area contributed by atoms with Gasteiger partial charge in [-0.15, -0.1) is 0 Å². The number of hydrogen-bond donors (Lipinski definition) is 1. The fraction of sp³-hybridized carbons (Fsp3) is 0.111. The van der Waals surface area contributed by atoms with E-state index in [0.717, 1.165) is 17.0 Å². The second kappa shape index (κ2) is 6.56. The largest absolute Gasteiger partial charge is 0.454 e. The summed E-state index contributed by atoms with van der Waals surface area (Å²) >= 11 is 0. The minimum absolute atomic E-state index is 0.0256. The van der Waals surface area contributed by atoms with E-state index in [0.29, 0.717) is 11.3 Å². The van der Waals surface area contributed by atoms with E-state index < -0.39 is 17.5 Å². The van der Waals surface area contributed by atoms with Gasteiger partial charge in [-0.3, -0.25) is 14.9 Å². The van der Waals surface area contributed by atoms with Crippen LogP contribution in [0.1, 0.15) is 26.4 Å². The average molecular weight is 338 g/mol. The fourth-order valence-electron chi connectivity index (χ4n) is 2.67. The maximum absolute atomic E-state index is 12.4. The Labute approximate surface area is 142 Å². The molecule has 0 aliphatic carbocycles. The van der Waals surface area contributed by atoms with E-state index in [1.807, 2.05) is 24.3 Å². The molecule has 25 heavy (non-hydrogen) atoms. The van der Waals surface area contributed by atoms with Crippen molar-refractivity contribution in [3.63, 3.8) is 0 Å². The van der Waals surface area contributed by atoms with Crippen molar-refractivity contribution in [1.29, 1.82) is 0 Å². The number of Topliss-reactive ketones (excluding diaryl/α,β-unsaturated/α-hetero) is 1. The number of non-ortho nitro benzene ring substituents is 1. The summed E-state index contributed by atoms with van der Waals surface area (Å²) < 4.78 is 5.03. The van der Waals surface area contributed by atoms with Gasteiger partial charge in [-0.25, -0.2) is 4.79 Å². The number of benzene rings is 2. The van der Waals surface area contributed by atoms with Gasteiger partial charge < -0.3 is 9.72 Å². The standard InChI is InChI=1S/C18H14N2O5/c1-11-17(14-7-2-3-8-15(14)19-11)16(21)10-25-18(22)12-5-4-6-13(9-12)20(23)24/h2-9,19H,10H2,1H3. The molecule has 0 amide bonds. The molecule has 126 valence electrons. The summed E-state index contributed by atoms with van der Waals surface area (Å²) in [4.78, 5) is 37.7. The van der Waals surface area contributed by atoms with Crippen LogP contribution in [-0.4, -0.2) is 28.3 Å². The normalized spacial score (nSPS) is 10.6. The Balaban J connectivity index is 1.76. The topological polar surface area (TPSA) is 102 Å². The van der Waals surface area contributed by atoms with Gasteiger partial charge in [0.1, 0.15) is 0 Å². The number of aryl methyl sites for hydroxylation is 1. The quantitative estimate of drug-likeness (QED) is 0.332. The molecule has 3 aromatic rings. The molecule has 7 heteroatoms. The minimum atomic E-state index is -0.783. The number of aromatic amines is 1. The summed E-state index contributed by atoms with van der Waals surface area (Å²) in [7, 11) is 0. The lowest BCUT2D eigenvalue weighted by atomic mass is 10.1. The minimum Gasteiger partial charge on any atom is -0.454 e. The first kappa shape index (κ1) is 16.4. The molecule has 0 radical (unpaired) electrons. The number of ketones is 1. The third-order valence-electron chi connectivity index (χ3n) is 3.80. The molecule has 0 atom stereocenters. The molecule has 7 nitrogen and oxygen atoms in total. The number of esters is 1.